The predicted molar refractivity (Wildman–Crippen MR) is 74.8 cm³/mol. The second-order valence-corrected chi connectivity index (χ2v) is 5.34. The lowest BCUT2D eigenvalue weighted by Crippen LogP contribution is -2.11. The SMILES string of the molecule is CCCn1nccc1C(O)C1CC1c1ccccc1. The molecule has 1 saturated carbocycles. The smallest absolute Gasteiger partial charge is 0.0990 e. The van der Waals surface area contributed by atoms with E-state index in [1.165, 1.54) is 5.56 Å². The molecular formula is C16H20N2O. The quantitative estimate of drug-likeness (QED) is 0.892. The minimum atomic E-state index is -0.390. The molecule has 0 spiro atoms. The van der Waals surface area contributed by atoms with Crippen LogP contribution in [0.2, 0.25) is 0 Å². The van der Waals surface area contributed by atoms with E-state index in [0.717, 1.165) is 25.1 Å². The highest BCUT2D eigenvalue weighted by Gasteiger charge is 2.44. The van der Waals surface area contributed by atoms with Gasteiger partial charge < -0.3 is 5.11 Å². The van der Waals surface area contributed by atoms with Gasteiger partial charge in [-0.15, -0.1) is 0 Å². The summed E-state index contributed by atoms with van der Waals surface area (Å²) in [6.45, 7) is 3.00. The maximum absolute atomic E-state index is 10.5. The summed E-state index contributed by atoms with van der Waals surface area (Å²) >= 11 is 0. The molecule has 3 nitrogen and oxygen atoms in total. The maximum Gasteiger partial charge on any atom is 0.0990 e. The van der Waals surface area contributed by atoms with Crippen LogP contribution in [0.15, 0.2) is 42.6 Å². The molecule has 1 aliphatic carbocycles. The van der Waals surface area contributed by atoms with Gasteiger partial charge in [0, 0.05) is 12.7 Å². The number of aliphatic hydroxyl groups excluding tert-OH is 1. The molecule has 1 aliphatic rings. The molecule has 3 rings (SSSR count). The van der Waals surface area contributed by atoms with Crippen molar-refractivity contribution in [2.45, 2.75) is 38.3 Å². The van der Waals surface area contributed by atoms with Crippen molar-refractivity contribution in [1.29, 1.82) is 0 Å². The minimum Gasteiger partial charge on any atom is -0.387 e. The van der Waals surface area contributed by atoms with Gasteiger partial charge in [0.25, 0.3) is 0 Å². The first-order valence-electron chi connectivity index (χ1n) is 7.06. The first-order valence-corrected chi connectivity index (χ1v) is 7.06. The Morgan fingerprint density at radius 2 is 2.11 bits per heavy atom. The first kappa shape index (κ1) is 12.4. The van der Waals surface area contributed by atoms with Crippen molar-refractivity contribution in [1.82, 2.24) is 9.78 Å². The standard InChI is InChI=1S/C16H20N2O/c1-2-10-18-15(8-9-17-18)16(19)14-11-13(14)12-6-4-3-5-7-12/h3-9,13-14,16,19H,2,10-11H2,1H3. The fourth-order valence-corrected chi connectivity index (χ4v) is 2.86. The number of nitrogens with zero attached hydrogens (tertiary/aromatic N) is 2. The molecule has 0 aliphatic heterocycles. The van der Waals surface area contributed by atoms with E-state index in [1.54, 1.807) is 6.20 Å². The van der Waals surface area contributed by atoms with Crippen LogP contribution in [0.4, 0.5) is 0 Å². The highest BCUT2D eigenvalue weighted by molar-refractivity contribution is 5.27. The molecule has 100 valence electrons. The van der Waals surface area contributed by atoms with Crippen molar-refractivity contribution in [3.05, 3.63) is 53.9 Å². The number of hydrogen-bond donors (Lipinski definition) is 1. The fourth-order valence-electron chi connectivity index (χ4n) is 2.86. The first-order chi connectivity index (χ1) is 9.31. The van der Waals surface area contributed by atoms with E-state index in [-0.39, 0.29) is 6.10 Å². The third kappa shape index (κ3) is 2.43. The van der Waals surface area contributed by atoms with Crippen LogP contribution >= 0.6 is 0 Å². The maximum atomic E-state index is 10.5. The molecule has 1 aromatic heterocycles. The average molecular weight is 256 g/mol. The summed E-state index contributed by atoms with van der Waals surface area (Å²) in [5.74, 6) is 0.843. The molecular weight excluding hydrogens is 236 g/mol. The molecule has 0 radical (unpaired) electrons. The van der Waals surface area contributed by atoms with Gasteiger partial charge in [-0.1, -0.05) is 37.3 Å². The molecule has 1 heterocycles. The molecule has 0 bridgehead atoms. The Bertz CT molecular complexity index is 535. The Kier molecular flexibility index (Phi) is 3.38. The van der Waals surface area contributed by atoms with Crippen molar-refractivity contribution in [3.8, 4) is 0 Å². The molecule has 19 heavy (non-hydrogen) atoms. The molecule has 0 saturated heterocycles. The van der Waals surface area contributed by atoms with Crippen LogP contribution in [0.25, 0.3) is 0 Å². The summed E-state index contributed by atoms with van der Waals surface area (Å²) in [5, 5.41) is 14.8. The van der Waals surface area contributed by atoms with Gasteiger partial charge in [-0.25, -0.2) is 0 Å². The van der Waals surface area contributed by atoms with Crippen molar-refractivity contribution in [2.24, 2.45) is 5.92 Å². The van der Waals surface area contributed by atoms with Gasteiger partial charge in [-0.3, -0.25) is 4.68 Å². The van der Waals surface area contributed by atoms with Crippen molar-refractivity contribution < 1.29 is 5.11 Å². The number of aliphatic hydroxyl groups is 1. The van der Waals surface area contributed by atoms with Gasteiger partial charge in [0.2, 0.25) is 0 Å². The Balaban J connectivity index is 1.72. The fraction of sp³-hybridized carbons (Fsp3) is 0.438. The van der Waals surface area contributed by atoms with Crippen LogP contribution < -0.4 is 0 Å². The average Bonchev–Trinajstić information content (AvgIpc) is 3.12. The minimum absolute atomic E-state index is 0.342. The van der Waals surface area contributed by atoms with Gasteiger partial charge in [0.1, 0.15) is 0 Å². The van der Waals surface area contributed by atoms with Crippen LogP contribution in [0, 0.1) is 5.92 Å². The normalized spacial score (nSPS) is 23.3. The van der Waals surface area contributed by atoms with Crippen molar-refractivity contribution in [3.63, 3.8) is 0 Å². The van der Waals surface area contributed by atoms with E-state index in [9.17, 15) is 5.11 Å². The summed E-state index contributed by atoms with van der Waals surface area (Å²) < 4.78 is 1.94. The number of aromatic nitrogens is 2. The van der Waals surface area contributed by atoms with Crippen LogP contribution in [0.1, 0.15) is 43.0 Å². The Morgan fingerprint density at radius 3 is 2.84 bits per heavy atom. The Labute approximate surface area is 113 Å². The Morgan fingerprint density at radius 1 is 1.32 bits per heavy atom. The number of rotatable bonds is 5. The molecule has 3 unspecified atom stereocenters. The lowest BCUT2D eigenvalue weighted by Gasteiger charge is -2.13. The third-order valence-corrected chi connectivity index (χ3v) is 3.96. The number of benzene rings is 1. The van der Waals surface area contributed by atoms with Crippen molar-refractivity contribution >= 4 is 0 Å². The van der Waals surface area contributed by atoms with E-state index < -0.39 is 0 Å². The molecule has 3 heteroatoms. The second kappa shape index (κ2) is 5.17. The summed E-state index contributed by atoms with van der Waals surface area (Å²) in [6.07, 6.45) is 3.50. The molecule has 1 fully saturated rings. The zero-order chi connectivity index (χ0) is 13.2. The van der Waals surface area contributed by atoms with Gasteiger partial charge in [-0.05, 0) is 36.3 Å². The summed E-state index contributed by atoms with van der Waals surface area (Å²) in [6, 6.07) is 12.4. The van der Waals surface area contributed by atoms with Crippen LogP contribution in [-0.4, -0.2) is 14.9 Å². The monoisotopic (exact) mass is 256 g/mol. The van der Waals surface area contributed by atoms with E-state index in [4.69, 9.17) is 0 Å². The third-order valence-electron chi connectivity index (χ3n) is 3.96. The molecule has 0 amide bonds. The van der Waals surface area contributed by atoms with Gasteiger partial charge in [-0.2, -0.15) is 5.10 Å². The highest BCUT2D eigenvalue weighted by Crippen LogP contribution is 2.53. The topological polar surface area (TPSA) is 38.0 Å². The number of aryl methyl sites for hydroxylation is 1. The summed E-state index contributed by atoms with van der Waals surface area (Å²) in [4.78, 5) is 0. The predicted octanol–water partition coefficient (Wildman–Crippen LogP) is 3.13. The van der Waals surface area contributed by atoms with E-state index in [1.807, 2.05) is 16.8 Å². The summed E-state index contributed by atoms with van der Waals surface area (Å²) in [7, 11) is 0. The van der Waals surface area contributed by atoms with Gasteiger partial charge >= 0.3 is 0 Å². The largest absolute Gasteiger partial charge is 0.387 e. The lowest BCUT2D eigenvalue weighted by atomic mass is 10.1. The summed E-state index contributed by atoms with van der Waals surface area (Å²) in [5.41, 5.74) is 2.30. The molecule has 3 atom stereocenters. The number of hydrogen-bond acceptors (Lipinski definition) is 2. The van der Waals surface area contributed by atoms with Gasteiger partial charge in [0.05, 0.1) is 11.8 Å². The van der Waals surface area contributed by atoms with Crippen LogP contribution in [-0.2, 0) is 6.54 Å². The van der Waals surface area contributed by atoms with Gasteiger partial charge in [0.15, 0.2) is 0 Å². The van der Waals surface area contributed by atoms with Crippen molar-refractivity contribution in [2.75, 3.05) is 0 Å². The van der Waals surface area contributed by atoms with Crippen LogP contribution in [0.5, 0.6) is 0 Å². The molecule has 2 aromatic rings. The van der Waals surface area contributed by atoms with E-state index in [0.29, 0.717) is 11.8 Å². The van der Waals surface area contributed by atoms with E-state index in [2.05, 4.69) is 36.3 Å². The highest BCUT2D eigenvalue weighted by atomic mass is 16.3. The second-order valence-electron chi connectivity index (χ2n) is 5.34. The molecule has 1 N–H and O–H groups in total. The molecule has 1 aromatic carbocycles. The lowest BCUT2D eigenvalue weighted by molar-refractivity contribution is 0.140. The van der Waals surface area contributed by atoms with Crippen LogP contribution in [0.3, 0.4) is 0 Å². The van der Waals surface area contributed by atoms with E-state index >= 15 is 0 Å². The Hall–Kier alpha value is -1.61. The zero-order valence-corrected chi connectivity index (χ0v) is 11.2. The zero-order valence-electron chi connectivity index (χ0n) is 11.2.